The van der Waals surface area contributed by atoms with Gasteiger partial charge in [0.1, 0.15) is 11.4 Å². The van der Waals surface area contributed by atoms with Gasteiger partial charge in [-0.05, 0) is 12.5 Å². The standard InChI is InChI=1S/C15H14F3N3O2/c1-8-2-4-9(5-3-8)11-6-12(15(16,17)18)21-13(20-11)10(7-19-21)14(22)23/h2-5,7,11-12,20H,6H2,1H3,(H,22,23)/t11-,12-/m0/s1. The minimum Gasteiger partial charge on any atom is -0.477 e. The smallest absolute Gasteiger partial charge is 0.410 e. The molecule has 0 unspecified atom stereocenters. The summed E-state index contributed by atoms with van der Waals surface area (Å²) in [7, 11) is 0. The lowest BCUT2D eigenvalue weighted by Gasteiger charge is -2.33. The first kappa shape index (κ1) is 15.4. The minimum atomic E-state index is -4.51. The Hall–Kier alpha value is -2.51. The van der Waals surface area contributed by atoms with Crippen molar-refractivity contribution in [2.24, 2.45) is 0 Å². The summed E-state index contributed by atoms with van der Waals surface area (Å²) in [6, 6.07) is 4.61. The van der Waals surface area contributed by atoms with E-state index in [4.69, 9.17) is 5.11 Å². The van der Waals surface area contributed by atoms with E-state index in [-0.39, 0.29) is 17.8 Å². The lowest BCUT2D eigenvalue weighted by Crippen LogP contribution is -2.36. The molecular weight excluding hydrogens is 311 g/mol. The van der Waals surface area contributed by atoms with Gasteiger partial charge >= 0.3 is 12.1 Å². The Balaban J connectivity index is 2.05. The van der Waals surface area contributed by atoms with Crippen molar-refractivity contribution >= 4 is 11.8 Å². The van der Waals surface area contributed by atoms with Gasteiger partial charge in [-0.1, -0.05) is 29.8 Å². The van der Waals surface area contributed by atoms with Crippen LogP contribution in [0.5, 0.6) is 0 Å². The Kier molecular flexibility index (Phi) is 3.54. The number of nitrogens with zero attached hydrogens (tertiary/aromatic N) is 2. The molecule has 2 N–H and O–H groups in total. The third-order valence-corrected chi connectivity index (χ3v) is 3.95. The zero-order chi connectivity index (χ0) is 16.8. The Bertz CT molecular complexity index is 737. The van der Waals surface area contributed by atoms with Crippen LogP contribution in [0.2, 0.25) is 0 Å². The van der Waals surface area contributed by atoms with Crippen LogP contribution in [0, 0.1) is 6.92 Å². The van der Waals surface area contributed by atoms with Gasteiger partial charge in [-0.15, -0.1) is 0 Å². The van der Waals surface area contributed by atoms with Gasteiger partial charge in [-0.2, -0.15) is 18.3 Å². The lowest BCUT2D eigenvalue weighted by molar-refractivity contribution is -0.173. The number of carboxylic acids is 1. The SMILES string of the molecule is Cc1ccc([C@@H]2C[C@@H](C(F)(F)F)n3ncc(C(=O)O)c3N2)cc1. The van der Waals surface area contributed by atoms with E-state index in [0.717, 1.165) is 11.8 Å². The quantitative estimate of drug-likeness (QED) is 0.886. The highest BCUT2D eigenvalue weighted by atomic mass is 19.4. The average Bonchev–Trinajstić information content (AvgIpc) is 2.89. The normalized spacial score (nSPS) is 20.7. The van der Waals surface area contributed by atoms with Gasteiger partial charge in [0.05, 0.1) is 12.2 Å². The zero-order valence-corrected chi connectivity index (χ0v) is 12.1. The number of aromatic nitrogens is 2. The number of carbonyl (C=O) groups is 1. The molecule has 2 heterocycles. The second-order valence-corrected chi connectivity index (χ2v) is 5.56. The van der Waals surface area contributed by atoms with Gasteiger partial charge in [0.15, 0.2) is 6.04 Å². The van der Waals surface area contributed by atoms with Crippen molar-refractivity contribution in [2.75, 3.05) is 5.32 Å². The molecule has 0 saturated heterocycles. The molecule has 1 aromatic carbocycles. The number of anilines is 1. The number of benzene rings is 1. The fourth-order valence-electron chi connectivity index (χ4n) is 2.74. The first-order chi connectivity index (χ1) is 10.8. The number of hydrogen-bond acceptors (Lipinski definition) is 3. The van der Waals surface area contributed by atoms with Crippen LogP contribution in [0.25, 0.3) is 0 Å². The number of fused-ring (bicyclic) bond motifs is 1. The Morgan fingerprint density at radius 2 is 2.00 bits per heavy atom. The van der Waals surface area contributed by atoms with Gasteiger partial charge in [0.25, 0.3) is 0 Å². The van der Waals surface area contributed by atoms with E-state index in [1.54, 1.807) is 12.1 Å². The van der Waals surface area contributed by atoms with E-state index in [2.05, 4.69) is 10.4 Å². The van der Waals surface area contributed by atoms with E-state index in [1.165, 1.54) is 0 Å². The number of rotatable bonds is 2. The van der Waals surface area contributed by atoms with Crippen molar-refractivity contribution in [3.05, 3.63) is 47.2 Å². The molecule has 23 heavy (non-hydrogen) atoms. The van der Waals surface area contributed by atoms with E-state index in [9.17, 15) is 18.0 Å². The molecule has 0 radical (unpaired) electrons. The van der Waals surface area contributed by atoms with Gasteiger partial charge in [-0.25, -0.2) is 9.48 Å². The van der Waals surface area contributed by atoms with Crippen LogP contribution >= 0.6 is 0 Å². The summed E-state index contributed by atoms with van der Waals surface area (Å²) in [5, 5.41) is 15.6. The molecule has 122 valence electrons. The maximum atomic E-state index is 13.3. The molecule has 1 aliphatic rings. The molecule has 3 rings (SSSR count). The van der Waals surface area contributed by atoms with Crippen molar-refractivity contribution in [2.45, 2.75) is 31.6 Å². The third kappa shape index (κ3) is 2.76. The summed E-state index contributed by atoms with van der Waals surface area (Å²) < 4.78 is 40.8. The number of nitrogens with one attached hydrogen (secondary N) is 1. The first-order valence-electron chi connectivity index (χ1n) is 6.98. The fourth-order valence-corrected chi connectivity index (χ4v) is 2.74. The molecule has 0 fully saturated rings. The molecule has 0 saturated carbocycles. The second kappa shape index (κ2) is 5.29. The highest BCUT2D eigenvalue weighted by Gasteiger charge is 2.47. The van der Waals surface area contributed by atoms with Crippen LogP contribution < -0.4 is 5.32 Å². The Morgan fingerprint density at radius 3 is 2.57 bits per heavy atom. The molecule has 8 heteroatoms. The van der Waals surface area contributed by atoms with E-state index < -0.39 is 24.2 Å². The summed E-state index contributed by atoms with van der Waals surface area (Å²) in [4.78, 5) is 11.2. The topological polar surface area (TPSA) is 67.2 Å². The number of hydrogen-bond donors (Lipinski definition) is 2. The maximum Gasteiger partial charge on any atom is 0.410 e. The maximum absolute atomic E-state index is 13.3. The second-order valence-electron chi connectivity index (χ2n) is 5.56. The largest absolute Gasteiger partial charge is 0.477 e. The van der Waals surface area contributed by atoms with Crippen LogP contribution in [0.4, 0.5) is 19.0 Å². The molecule has 0 amide bonds. The van der Waals surface area contributed by atoms with Crippen LogP contribution in [-0.4, -0.2) is 27.0 Å². The minimum absolute atomic E-state index is 0.114. The number of aromatic carboxylic acids is 1. The lowest BCUT2D eigenvalue weighted by atomic mass is 9.96. The summed E-state index contributed by atoms with van der Waals surface area (Å²) in [6.07, 6.45) is -3.82. The monoisotopic (exact) mass is 325 g/mol. The number of halogens is 3. The molecule has 1 aromatic heterocycles. The highest BCUT2D eigenvalue weighted by molar-refractivity contribution is 5.93. The summed E-state index contributed by atoms with van der Waals surface area (Å²) >= 11 is 0. The predicted molar refractivity (Wildman–Crippen MR) is 76.4 cm³/mol. The van der Waals surface area contributed by atoms with E-state index >= 15 is 0 Å². The highest BCUT2D eigenvalue weighted by Crippen LogP contribution is 2.44. The molecule has 0 aliphatic carbocycles. The molecule has 2 aromatic rings. The first-order valence-corrected chi connectivity index (χ1v) is 6.98. The summed E-state index contributed by atoms with van der Waals surface area (Å²) in [5.41, 5.74) is 1.40. The number of carboxylic acid groups (broad SMARTS) is 1. The van der Waals surface area contributed by atoms with Crippen molar-refractivity contribution in [1.82, 2.24) is 9.78 Å². The molecule has 1 aliphatic heterocycles. The van der Waals surface area contributed by atoms with Crippen molar-refractivity contribution in [3.63, 3.8) is 0 Å². The molecule has 2 atom stereocenters. The van der Waals surface area contributed by atoms with Crippen molar-refractivity contribution < 1.29 is 23.1 Å². The van der Waals surface area contributed by atoms with E-state index in [1.807, 2.05) is 19.1 Å². The summed E-state index contributed by atoms with van der Waals surface area (Å²) in [5.74, 6) is -1.43. The van der Waals surface area contributed by atoms with Gasteiger partial charge in [-0.3, -0.25) is 0 Å². The van der Waals surface area contributed by atoms with Crippen LogP contribution in [0.15, 0.2) is 30.5 Å². The Morgan fingerprint density at radius 1 is 1.35 bits per heavy atom. The average molecular weight is 325 g/mol. The van der Waals surface area contributed by atoms with Crippen LogP contribution in [-0.2, 0) is 0 Å². The number of aryl methyl sites for hydroxylation is 1. The van der Waals surface area contributed by atoms with Crippen molar-refractivity contribution in [1.29, 1.82) is 0 Å². The molecular formula is C15H14F3N3O2. The third-order valence-electron chi connectivity index (χ3n) is 3.95. The van der Waals surface area contributed by atoms with Gasteiger partial charge < -0.3 is 10.4 Å². The molecule has 0 bridgehead atoms. The van der Waals surface area contributed by atoms with E-state index in [0.29, 0.717) is 10.2 Å². The summed E-state index contributed by atoms with van der Waals surface area (Å²) in [6.45, 7) is 1.88. The van der Waals surface area contributed by atoms with Gasteiger partial charge in [0.2, 0.25) is 0 Å². The fraction of sp³-hybridized carbons (Fsp3) is 0.333. The van der Waals surface area contributed by atoms with Crippen molar-refractivity contribution in [3.8, 4) is 0 Å². The molecule has 5 nitrogen and oxygen atoms in total. The molecule has 0 spiro atoms. The number of alkyl halides is 3. The van der Waals surface area contributed by atoms with Crippen LogP contribution in [0.3, 0.4) is 0 Å². The van der Waals surface area contributed by atoms with Crippen LogP contribution in [0.1, 0.15) is 40.0 Å². The predicted octanol–water partition coefficient (Wildman–Crippen LogP) is 3.55. The van der Waals surface area contributed by atoms with Gasteiger partial charge in [0, 0.05) is 6.42 Å². The Labute approximate surface area is 129 Å². The zero-order valence-electron chi connectivity index (χ0n) is 12.1.